The largest absolute Gasteiger partial charge is 0.357 e. The van der Waals surface area contributed by atoms with Crippen molar-refractivity contribution in [2.24, 2.45) is 0 Å². The summed E-state index contributed by atoms with van der Waals surface area (Å²) in [6.45, 7) is 0.502. The lowest BCUT2D eigenvalue weighted by molar-refractivity contribution is -0.122. The number of likely N-dealkylation sites (N-methyl/N-ethyl adjacent to an activating group) is 1. The van der Waals surface area contributed by atoms with Gasteiger partial charge in [-0.15, -0.1) is 0 Å². The van der Waals surface area contributed by atoms with E-state index in [2.05, 4.69) is 47.6 Å². The molecule has 0 aliphatic heterocycles. The molecule has 0 fully saturated rings. The van der Waals surface area contributed by atoms with Crippen molar-refractivity contribution in [2.45, 2.75) is 19.0 Å². The maximum Gasteiger partial charge on any atom is 0.272 e. The fourth-order valence-electron chi connectivity index (χ4n) is 3.81. The van der Waals surface area contributed by atoms with Gasteiger partial charge in [-0.2, -0.15) is 5.10 Å². The molecular formula is C27H24Br2N4O2. The normalized spacial score (nSPS) is 11.6. The van der Waals surface area contributed by atoms with E-state index in [1.807, 2.05) is 83.5 Å². The van der Waals surface area contributed by atoms with Crippen molar-refractivity contribution in [1.29, 1.82) is 0 Å². The third-order valence-corrected chi connectivity index (χ3v) is 6.72. The number of carbonyl (C=O) groups excluding carboxylic acids is 2. The van der Waals surface area contributed by atoms with E-state index in [9.17, 15) is 9.59 Å². The highest BCUT2D eigenvalue weighted by atomic mass is 79.9. The molecule has 0 unspecified atom stereocenters. The number of rotatable bonds is 8. The van der Waals surface area contributed by atoms with Crippen molar-refractivity contribution in [3.63, 3.8) is 0 Å². The van der Waals surface area contributed by atoms with Gasteiger partial charge in [-0.05, 0) is 35.4 Å². The lowest BCUT2D eigenvalue weighted by atomic mass is 10.0. The Bertz CT molecular complexity index is 1340. The molecule has 1 heterocycles. The van der Waals surface area contributed by atoms with E-state index in [0.717, 1.165) is 31.3 Å². The van der Waals surface area contributed by atoms with Gasteiger partial charge in [0.2, 0.25) is 5.91 Å². The average molecular weight is 596 g/mol. The van der Waals surface area contributed by atoms with E-state index in [0.29, 0.717) is 13.0 Å². The van der Waals surface area contributed by atoms with Gasteiger partial charge in [0.25, 0.3) is 5.91 Å². The number of nitrogens with zero attached hydrogens (tertiary/aromatic N) is 2. The summed E-state index contributed by atoms with van der Waals surface area (Å²) in [6, 6.07) is 26.5. The Balaban J connectivity index is 1.64. The maximum atomic E-state index is 13.3. The quantitative estimate of drug-likeness (QED) is 0.294. The average Bonchev–Trinajstić information content (AvgIpc) is 3.27. The van der Waals surface area contributed by atoms with Crippen molar-refractivity contribution in [3.8, 4) is 11.3 Å². The molecule has 4 rings (SSSR count). The van der Waals surface area contributed by atoms with Gasteiger partial charge in [0.15, 0.2) is 5.69 Å². The molecule has 0 bridgehead atoms. The first kappa shape index (κ1) is 24.9. The van der Waals surface area contributed by atoms with Crippen LogP contribution >= 0.6 is 31.9 Å². The minimum atomic E-state index is -0.743. The molecule has 1 aromatic heterocycles. The summed E-state index contributed by atoms with van der Waals surface area (Å²) in [6.07, 6.45) is 0.354. The monoisotopic (exact) mass is 594 g/mol. The second kappa shape index (κ2) is 11.5. The molecule has 2 N–H and O–H groups in total. The highest BCUT2D eigenvalue weighted by molar-refractivity contribution is 9.10. The number of amides is 2. The van der Waals surface area contributed by atoms with Gasteiger partial charge in [-0.3, -0.25) is 14.3 Å². The van der Waals surface area contributed by atoms with Gasteiger partial charge in [0, 0.05) is 28.0 Å². The van der Waals surface area contributed by atoms with Crippen LogP contribution in [0.3, 0.4) is 0 Å². The van der Waals surface area contributed by atoms with Gasteiger partial charge in [0.1, 0.15) is 6.04 Å². The van der Waals surface area contributed by atoms with Gasteiger partial charge in [-0.25, -0.2) is 0 Å². The van der Waals surface area contributed by atoms with Crippen LogP contribution in [0, 0.1) is 0 Å². The number of hydrogen-bond donors (Lipinski definition) is 2. The SMILES string of the molecule is CNC(=O)[C@H](Cc1cccc(Br)c1)NC(=O)c1cc(-c2ccccc2Br)n(Cc2ccccc2)n1. The summed E-state index contributed by atoms with van der Waals surface area (Å²) in [5, 5.41) is 10.1. The summed E-state index contributed by atoms with van der Waals surface area (Å²) in [4.78, 5) is 25.9. The summed E-state index contributed by atoms with van der Waals surface area (Å²) in [7, 11) is 1.56. The second-order valence-corrected chi connectivity index (χ2v) is 9.78. The van der Waals surface area contributed by atoms with E-state index in [-0.39, 0.29) is 11.6 Å². The molecule has 0 saturated carbocycles. The molecule has 0 aliphatic rings. The molecule has 1 atom stereocenters. The standard InChI is InChI=1S/C27H24Br2N4O2/c1-30-26(34)23(15-19-10-7-11-20(28)14-19)31-27(35)24-16-25(21-12-5-6-13-22(21)29)33(32-24)17-18-8-3-2-4-9-18/h2-14,16,23H,15,17H2,1H3,(H,30,34)(H,31,35)/t23-/m0/s1. The zero-order valence-electron chi connectivity index (χ0n) is 19.0. The first-order valence-electron chi connectivity index (χ1n) is 11.1. The summed E-state index contributed by atoms with van der Waals surface area (Å²) >= 11 is 7.07. The molecule has 6 nitrogen and oxygen atoms in total. The molecule has 4 aromatic rings. The number of benzene rings is 3. The molecule has 0 saturated heterocycles. The van der Waals surface area contributed by atoms with Gasteiger partial charge in [0.05, 0.1) is 12.2 Å². The Labute approximate surface area is 221 Å². The van der Waals surface area contributed by atoms with Crippen LogP contribution in [0.25, 0.3) is 11.3 Å². The zero-order chi connectivity index (χ0) is 24.8. The molecular weight excluding hydrogens is 572 g/mol. The third kappa shape index (κ3) is 6.26. The fourth-order valence-corrected chi connectivity index (χ4v) is 4.74. The summed E-state index contributed by atoms with van der Waals surface area (Å²) in [5.74, 6) is -0.679. The number of carbonyl (C=O) groups is 2. The number of nitrogens with one attached hydrogen (secondary N) is 2. The van der Waals surface area contributed by atoms with Crippen molar-refractivity contribution in [1.82, 2.24) is 20.4 Å². The van der Waals surface area contributed by atoms with Crippen LogP contribution in [0.1, 0.15) is 21.6 Å². The van der Waals surface area contributed by atoms with Crippen molar-refractivity contribution < 1.29 is 9.59 Å². The van der Waals surface area contributed by atoms with Crippen molar-refractivity contribution >= 4 is 43.7 Å². The number of aromatic nitrogens is 2. The number of hydrogen-bond acceptors (Lipinski definition) is 3. The van der Waals surface area contributed by atoms with Gasteiger partial charge >= 0.3 is 0 Å². The van der Waals surface area contributed by atoms with Gasteiger partial charge in [-0.1, -0.05) is 92.5 Å². The number of halogens is 2. The molecule has 2 amide bonds. The van der Waals surface area contributed by atoms with Gasteiger partial charge < -0.3 is 10.6 Å². The molecule has 35 heavy (non-hydrogen) atoms. The lowest BCUT2D eigenvalue weighted by Crippen LogP contribution is -2.47. The maximum absolute atomic E-state index is 13.3. The fraction of sp³-hybridized carbons (Fsp3) is 0.148. The van der Waals surface area contributed by atoms with E-state index in [1.165, 1.54) is 0 Å². The van der Waals surface area contributed by atoms with E-state index < -0.39 is 11.9 Å². The Morgan fingerprint density at radius 3 is 2.34 bits per heavy atom. The van der Waals surface area contributed by atoms with Crippen LogP contribution in [0.5, 0.6) is 0 Å². The van der Waals surface area contributed by atoms with Crippen molar-refractivity contribution in [2.75, 3.05) is 7.05 Å². The Morgan fingerprint density at radius 1 is 0.914 bits per heavy atom. The second-order valence-electron chi connectivity index (χ2n) is 8.01. The summed E-state index contributed by atoms with van der Waals surface area (Å²) < 4.78 is 3.63. The highest BCUT2D eigenvalue weighted by Gasteiger charge is 2.24. The Morgan fingerprint density at radius 2 is 1.63 bits per heavy atom. The molecule has 3 aromatic carbocycles. The van der Waals surface area contributed by atoms with E-state index in [1.54, 1.807) is 13.1 Å². The van der Waals surface area contributed by atoms with Crippen LogP contribution in [0.2, 0.25) is 0 Å². The molecule has 8 heteroatoms. The van der Waals surface area contributed by atoms with Crippen LogP contribution < -0.4 is 10.6 Å². The smallest absolute Gasteiger partial charge is 0.272 e. The first-order chi connectivity index (χ1) is 16.9. The van der Waals surface area contributed by atoms with Crippen LogP contribution in [-0.2, 0) is 17.8 Å². The predicted octanol–water partition coefficient (Wildman–Crippen LogP) is 5.21. The van der Waals surface area contributed by atoms with Crippen LogP contribution in [-0.4, -0.2) is 34.7 Å². The lowest BCUT2D eigenvalue weighted by Gasteiger charge is -2.17. The zero-order valence-corrected chi connectivity index (χ0v) is 22.2. The summed E-state index contributed by atoms with van der Waals surface area (Å²) in [5.41, 5.74) is 3.96. The van der Waals surface area contributed by atoms with Crippen LogP contribution in [0.15, 0.2) is 93.9 Å². The third-order valence-electron chi connectivity index (χ3n) is 5.53. The molecule has 0 radical (unpaired) electrons. The molecule has 0 spiro atoms. The van der Waals surface area contributed by atoms with E-state index >= 15 is 0 Å². The first-order valence-corrected chi connectivity index (χ1v) is 12.7. The minimum Gasteiger partial charge on any atom is -0.357 e. The van der Waals surface area contributed by atoms with E-state index in [4.69, 9.17) is 0 Å². The Kier molecular flexibility index (Phi) is 8.15. The minimum absolute atomic E-state index is 0.245. The predicted molar refractivity (Wildman–Crippen MR) is 144 cm³/mol. The van der Waals surface area contributed by atoms with Crippen molar-refractivity contribution in [3.05, 3.63) is 111 Å². The molecule has 0 aliphatic carbocycles. The topological polar surface area (TPSA) is 76.0 Å². The highest BCUT2D eigenvalue weighted by Crippen LogP contribution is 2.29. The van der Waals surface area contributed by atoms with Crippen LogP contribution in [0.4, 0.5) is 0 Å². The molecule has 178 valence electrons. The Hall–Kier alpha value is -3.23.